The molecule has 0 bridgehead atoms. The van der Waals surface area contributed by atoms with Crippen molar-refractivity contribution in [2.75, 3.05) is 0 Å². The molecule has 0 saturated heterocycles. The molecule has 0 unspecified atom stereocenters. The fraction of sp³-hybridized carbons (Fsp3) is 0. The maximum atomic E-state index is 5.18. The van der Waals surface area contributed by atoms with Crippen molar-refractivity contribution in [3.63, 3.8) is 0 Å². The standard InChI is InChI=1S/C78H52N6/c1-7-19-53(20-8-1)55-31-35-61(36-32-55)73-47-65-49-76-66(50-75(65)83(73)67-43-39-59(40-44-67)71-51-69(57-23-11-3-12-24-57)79-77(81-71)63-27-15-5-16-28-63)48-74(62-37-33-56(34-38-62)54-21-9-2-10-22-54)84(76)68-45-41-60(42-46-68)72-52-70(58-25-13-4-14-26-58)80-78(82-72)64-29-17-6-18-30-64/h1-52H. The van der Waals surface area contributed by atoms with Gasteiger partial charge in [0, 0.05) is 55.5 Å². The maximum Gasteiger partial charge on any atom is 0.160 e. The molecule has 0 aliphatic rings. The Morgan fingerprint density at radius 1 is 0.190 bits per heavy atom. The van der Waals surface area contributed by atoms with Crippen molar-refractivity contribution in [2.45, 2.75) is 0 Å². The Labute approximate surface area is 487 Å². The van der Waals surface area contributed by atoms with Gasteiger partial charge in [-0.25, -0.2) is 19.9 Å². The van der Waals surface area contributed by atoms with Crippen molar-refractivity contribution >= 4 is 21.8 Å². The van der Waals surface area contributed by atoms with E-state index in [-0.39, 0.29) is 0 Å². The Bertz CT molecular complexity index is 4370. The molecule has 0 aliphatic heterocycles. The van der Waals surface area contributed by atoms with Gasteiger partial charge in [-0.15, -0.1) is 0 Å². The highest BCUT2D eigenvalue weighted by atomic mass is 15.0. The molecule has 4 aromatic heterocycles. The summed E-state index contributed by atoms with van der Waals surface area (Å²) in [5.41, 5.74) is 22.9. The number of nitrogens with zero attached hydrogens (tertiary/aromatic N) is 6. The Kier molecular flexibility index (Phi) is 12.8. The Hall–Kier alpha value is -11.3. The van der Waals surface area contributed by atoms with Crippen molar-refractivity contribution in [3.05, 3.63) is 315 Å². The van der Waals surface area contributed by atoms with Crippen LogP contribution < -0.4 is 0 Å². The van der Waals surface area contributed by atoms with Gasteiger partial charge in [0.25, 0.3) is 0 Å². The van der Waals surface area contributed by atoms with E-state index in [1.807, 2.05) is 48.5 Å². The lowest BCUT2D eigenvalue weighted by Gasteiger charge is -2.14. The largest absolute Gasteiger partial charge is 0.309 e. The summed E-state index contributed by atoms with van der Waals surface area (Å²) in [5.74, 6) is 1.38. The number of aromatic nitrogens is 6. The second-order valence-corrected chi connectivity index (χ2v) is 21.1. The minimum atomic E-state index is 0.688. The molecule has 11 aromatic carbocycles. The van der Waals surface area contributed by atoms with E-state index in [0.29, 0.717) is 11.6 Å². The molecule has 4 heterocycles. The summed E-state index contributed by atoms with van der Waals surface area (Å²) in [4.78, 5) is 20.5. The van der Waals surface area contributed by atoms with E-state index in [2.05, 4.69) is 276 Å². The van der Waals surface area contributed by atoms with E-state index in [0.717, 1.165) is 112 Å². The average Bonchev–Trinajstić information content (AvgIpc) is 1.90. The van der Waals surface area contributed by atoms with Gasteiger partial charge >= 0.3 is 0 Å². The van der Waals surface area contributed by atoms with Crippen LogP contribution in [-0.2, 0) is 0 Å². The van der Waals surface area contributed by atoms with Gasteiger partial charge < -0.3 is 9.13 Å². The lowest BCUT2D eigenvalue weighted by molar-refractivity contribution is 1.13. The highest BCUT2D eigenvalue weighted by Crippen LogP contribution is 2.41. The molecule has 394 valence electrons. The summed E-state index contributed by atoms with van der Waals surface area (Å²) in [6.07, 6.45) is 0. The topological polar surface area (TPSA) is 61.4 Å². The van der Waals surface area contributed by atoms with E-state index < -0.39 is 0 Å². The third kappa shape index (κ3) is 9.63. The van der Waals surface area contributed by atoms with Crippen LogP contribution in [0.15, 0.2) is 315 Å². The molecular weight excluding hydrogens is 1020 g/mol. The molecule has 6 nitrogen and oxygen atoms in total. The lowest BCUT2D eigenvalue weighted by atomic mass is 10.0. The Morgan fingerprint density at radius 2 is 0.429 bits per heavy atom. The molecule has 84 heavy (non-hydrogen) atoms. The second-order valence-electron chi connectivity index (χ2n) is 21.1. The van der Waals surface area contributed by atoms with Crippen molar-refractivity contribution < 1.29 is 0 Å². The predicted octanol–water partition coefficient (Wildman–Crippen LogP) is 19.8. The highest BCUT2D eigenvalue weighted by Gasteiger charge is 2.21. The van der Waals surface area contributed by atoms with Crippen molar-refractivity contribution in [1.29, 1.82) is 0 Å². The van der Waals surface area contributed by atoms with Crippen molar-refractivity contribution in [3.8, 4) is 124 Å². The monoisotopic (exact) mass is 1070 g/mol. The first-order chi connectivity index (χ1) is 41.6. The summed E-state index contributed by atoms with van der Waals surface area (Å²) < 4.78 is 4.83. The third-order valence-corrected chi connectivity index (χ3v) is 15.8. The fourth-order valence-electron chi connectivity index (χ4n) is 11.5. The minimum absolute atomic E-state index is 0.688. The fourth-order valence-corrected chi connectivity index (χ4v) is 11.5. The van der Waals surface area contributed by atoms with Gasteiger partial charge in [-0.2, -0.15) is 0 Å². The van der Waals surface area contributed by atoms with Gasteiger partial charge in [-0.05, 0) is 94.0 Å². The zero-order valence-electron chi connectivity index (χ0n) is 45.7. The van der Waals surface area contributed by atoms with Crippen LogP contribution in [0, 0.1) is 0 Å². The number of benzene rings is 11. The van der Waals surface area contributed by atoms with Crippen LogP contribution in [0.5, 0.6) is 0 Å². The lowest BCUT2D eigenvalue weighted by Crippen LogP contribution is -1.99. The summed E-state index contributed by atoms with van der Waals surface area (Å²) in [7, 11) is 0. The molecule has 0 atom stereocenters. The van der Waals surface area contributed by atoms with Gasteiger partial charge in [-0.3, -0.25) is 0 Å². The van der Waals surface area contributed by atoms with Crippen LogP contribution in [-0.4, -0.2) is 29.1 Å². The van der Waals surface area contributed by atoms with Crippen LogP contribution in [0.4, 0.5) is 0 Å². The molecule has 0 fully saturated rings. The molecular formula is C78H52N6. The van der Waals surface area contributed by atoms with Crippen LogP contribution in [0.2, 0.25) is 0 Å². The van der Waals surface area contributed by atoms with E-state index in [1.165, 1.54) is 22.3 Å². The molecule has 0 N–H and O–H groups in total. The third-order valence-electron chi connectivity index (χ3n) is 15.8. The SMILES string of the molecule is c1ccc(-c2ccc(-c3cc4cc5c(cc(-c6ccc(-c7ccccc7)cc6)n5-c5ccc(-c6cc(-c7ccccc7)nc(-c7ccccc7)n6)cc5)cc4n3-c3ccc(-c4cc(-c5ccccc5)nc(-c5ccccc5)n4)cc3)cc2)cc1. The zero-order chi connectivity index (χ0) is 55.8. The molecule has 0 spiro atoms. The summed E-state index contributed by atoms with van der Waals surface area (Å²) in [6, 6.07) is 112. The molecule has 0 amide bonds. The van der Waals surface area contributed by atoms with Crippen LogP contribution >= 0.6 is 0 Å². The summed E-state index contributed by atoms with van der Waals surface area (Å²) in [5, 5.41) is 2.24. The molecule has 6 heteroatoms. The van der Waals surface area contributed by atoms with E-state index in [4.69, 9.17) is 19.9 Å². The number of hydrogen-bond donors (Lipinski definition) is 0. The van der Waals surface area contributed by atoms with Gasteiger partial charge in [-0.1, -0.05) is 255 Å². The van der Waals surface area contributed by atoms with E-state index in [1.54, 1.807) is 0 Å². The van der Waals surface area contributed by atoms with Gasteiger partial charge in [0.1, 0.15) is 0 Å². The number of rotatable bonds is 12. The first-order valence-corrected chi connectivity index (χ1v) is 28.3. The van der Waals surface area contributed by atoms with E-state index in [9.17, 15) is 0 Å². The summed E-state index contributed by atoms with van der Waals surface area (Å²) in [6.45, 7) is 0. The number of hydrogen-bond acceptors (Lipinski definition) is 4. The van der Waals surface area contributed by atoms with Gasteiger partial charge in [0.2, 0.25) is 0 Å². The Balaban J connectivity index is 0.885. The first-order valence-electron chi connectivity index (χ1n) is 28.3. The highest BCUT2D eigenvalue weighted by molar-refractivity contribution is 6.02. The zero-order valence-corrected chi connectivity index (χ0v) is 45.7. The van der Waals surface area contributed by atoms with Gasteiger partial charge in [0.05, 0.1) is 45.2 Å². The Morgan fingerprint density at radius 3 is 0.738 bits per heavy atom. The summed E-state index contributed by atoms with van der Waals surface area (Å²) >= 11 is 0. The van der Waals surface area contributed by atoms with Gasteiger partial charge in [0.15, 0.2) is 11.6 Å². The molecule has 0 aliphatic carbocycles. The van der Waals surface area contributed by atoms with Crippen LogP contribution in [0.1, 0.15) is 0 Å². The van der Waals surface area contributed by atoms with Crippen LogP contribution in [0.3, 0.4) is 0 Å². The minimum Gasteiger partial charge on any atom is -0.309 e. The predicted molar refractivity (Wildman–Crippen MR) is 346 cm³/mol. The number of fused-ring (bicyclic) bond motifs is 2. The smallest absolute Gasteiger partial charge is 0.160 e. The average molecular weight is 1070 g/mol. The normalized spacial score (nSPS) is 11.3. The molecule has 15 rings (SSSR count). The van der Waals surface area contributed by atoms with Crippen molar-refractivity contribution in [2.24, 2.45) is 0 Å². The maximum absolute atomic E-state index is 5.18. The second kappa shape index (κ2) is 21.6. The van der Waals surface area contributed by atoms with E-state index >= 15 is 0 Å². The first kappa shape index (κ1) is 49.7. The van der Waals surface area contributed by atoms with Crippen LogP contribution in [0.25, 0.3) is 146 Å². The van der Waals surface area contributed by atoms with Crippen molar-refractivity contribution in [1.82, 2.24) is 29.1 Å². The molecule has 15 aromatic rings. The quantitative estimate of drug-likeness (QED) is 0.122. The molecule has 0 saturated carbocycles. The molecule has 0 radical (unpaired) electrons.